The molecule has 0 radical (unpaired) electrons. The van der Waals surface area contributed by atoms with Gasteiger partial charge in [0.05, 0.1) is 12.2 Å². The van der Waals surface area contributed by atoms with E-state index in [0.717, 1.165) is 38.3 Å². The Morgan fingerprint density at radius 1 is 1.41 bits per heavy atom. The smallest absolute Gasteiger partial charge is 0.122 e. The molecule has 0 amide bonds. The highest BCUT2D eigenvalue weighted by Crippen LogP contribution is 2.33. The van der Waals surface area contributed by atoms with Crippen LogP contribution in [0.1, 0.15) is 12.0 Å². The van der Waals surface area contributed by atoms with Crippen LogP contribution >= 0.6 is 0 Å². The molecule has 2 aliphatic heterocycles. The molecule has 3 rings (SSSR count). The fraction of sp³-hybridized carbons (Fsp3) is 0.571. The molecule has 0 aliphatic carbocycles. The number of nitrogens with one attached hydrogen (secondary N) is 1. The second-order valence-corrected chi connectivity index (χ2v) is 5.18. The van der Waals surface area contributed by atoms with Crippen LogP contribution in [-0.4, -0.2) is 32.4 Å². The summed E-state index contributed by atoms with van der Waals surface area (Å²) in [4.78, 5) is 0. The molecule has 0 aromatic heterocycles. The van der Waals surface area contributed by atoms with Crippen LogP contribution < -0.4 is 10.1 Å². The Morgan fingerprint density at radius 2 is 2.24 bits per heavy atom. The third-order valence-corrected chi connectivity index (χ3v) is 3.94. The fourth-order valence-corrected chi connectivity index (χ4v) is 2.82. The van der Waals surface area contributed by atoms with E-state index >= 15 is 0 Å². The van der Waals surface area contributed by atoms with E-state index in [-0.39, 0.29) is 5.60 Å². The van der Waals surface area contributed by atoms with Gasteiger partial charge in [-0.15, -0.1) is 0 Å². The van der Waals surface area contributed by atoms with E-state index in [9.17, 15) is 0 Å². The van der Waals surface area contributed by atoms with Gasteiger partial charge in [0, 0.05) is 20.2 Å². The molecule has 1 fully saturated rings. The highest BCUT2D eigenvalue weighted by atomic mass is 16.5. The lowest BCUT2D eigenvalue weighted by molar-refractivity contribution is -0.0720. The molecule has 0 saturated carbocycles. The summed E-state index contributed by atoms with van der Waals surface area (Å²) in [5.74, 6) is 1.63. The van der Waals surface area contributed by atoms with Gasteiger partial charge in [-0.1, -0.05) is 18.2 Å². The Morgan fingerprint density at radius 3 is 2.94 bits per heavy atom. The van der Waals surface area contributed by atoms with Gasteiger partial charge in [0.15, 0.2) is 0 Å². The van der Waals surface area contributed by atoms with Gasteiger partial charge in [-0.2, -0.15) is 0 Å². The van der Waals surface area contributed by atoms with Crippen LogP contribution in [0.2, 0.25) is 0 Å². The van der Waals surface area contributed by atoms with Crippen molar-refractivity contribution in [3.63, 3.8) is 0 Å². The van der Waals surface area contributed by atoms with Crippen LogP contribution in [0.25, 0.3) is 0 Å². The number of methoxy groups -OCH3 is 1. The maximum atomic E-state index is 5.82. The monoisotopic (exact) mass is 233 g/mol. The van der Waals surface area contributed by atoms with Crippen LogP contribution in [0.4, 0.5) is 0 Å². The van der Waals surface area contributed by atoms with Gasteiger partial charge in [0.25, 0.3) is 0 Å². The minimum atomic E-state index is 0.0559. The molecule has 3 heteroatoms. The van der Waals surface area contributed by atoms with Crippen LogP contribution in [0.15, 0.2) is 24.3 Å². The topological polar surface area (TPSA) is 30.5 Å². The van der Waals surface area contributed by atoms with Crippen molar-refractivity contribution >= 4 is 0 Å². The zero-order chi connectivity index (χ0) is 11.7. The molecule has 17 heavy (non-hydrogen) atoms. The Bertz CT molecular complexity index is 395. The van der Waals surface area contributed by atoms with Crippen LogP contribution in [0, 0.1) is 5.92 Å². The summed E-state index contributed by atoms with van der Waals surface area (Å²) in [5, 5.41) is 3.30. The second kappa shape index (κ2) is 4.31. The van der Waals surface area contributed by atoms with Crippen molar-refractivity contribution in [3.05, 3.63) is 29.8 Å². The van der Waals surface area contributed by atoms with Crippen LogP contribution in [0.5, 0.6) is 5.75 Å². The molecule has 1 unspecified atom stereocenters. The number of hydrogen-bond donors (Lipinski definition) is 1. The molecule has 2 aliphatic rings. The summed E-state index contributed by atoms with van der Waals surface area (Å²) in [7, 11) is 1.82. The second-order valence-electron chi connectivity index (χ2n) is 5.18. The zero-order valence-corrected chi connectivity index (χ0v) is 10.2. The molecule has 0 spiro atoms. The Labute approximate surface area is 102 Å². The van der Waals surface area contributed by atoms with Gasteiger partial charge >= 0.3 is 0 Å². The molecular weight excluding hydrogens is 214 g/mol. The Balaban J connectivity index is 1.68. The van der Waals surface area contributed by atoms with Gasteiger partial charge in [-0.05, 0) is 30.4 Å². The quantitative estimate of drug-likeness (QED) is 0.860. The summed E-state index contributed by atoms with van der Waals surface area (Å²) in [5.41, 5.74) is 1.39. The van der Waals surface area contributed by atoms with E-state index in [0.29, 0.717) is 5.92 Å². The normalized spacial score (nSPS) is 25.6. The molecule has 1 N–H and O–H groups in total. The first-order valence-electron chi connectivity index (χ1n) is 6.28. The molecule has 1 aromatic rings. The Kier molecular flexibility index (Phi) is 2.81. The fourth-order valence-electron chi connectivity index (χ4n) is 2.82. The van der Waals surface area contributed by atoms with Crippen molar-refractivity contribution in [2.24, 2.45) is 5.92 Å². The van der Waals surface area contributed by atoms with Crippen LogP contribution in [-0.2, 0) is 11.2 Å². The highest BCUT2D eigenvalue weighted by molar-refractivity contribution is 5.35. The van der Waals surface area contributed by atoms with Gasteiger partial charge in [-0.25, -0.2) is 0 Å². The standard InChI is InChI=1S/C14H19NO2/c1-16-14(9-15-10-14)7-11-6-12-4-2-3-5-13(12)17-8-11/h2-5,11,15H,6-10H2,1H3. The molecule has 0 bridgehead atoms. The molecule has 1 aromatic carbocycles. The van der Waals surface area contributed by atoms with Gasteiger partial charge in [-0.3, -0.25) is 0 Å². The number of hydrogen-bond acceptors (Lipinski definition) is 3. The molecule has 3 nitrogen and oxygen atoms in total. The molecule has 2 heterocycles. The summed E-state index contributed by atoms with van der Waals surface area (Å²) >= 11 is 0. The van der Waals surface area contributed by atoms with E-state index in [4.69, 9.17) is 9.47 Å². The number of fused-ring (bicyclic) bond motifs is 1. The maximum absolute atomic E-state index is 5.82. The maximum Gasteiger partial charge on any atom is 0.122 e. The first-order chi connectivity index (χ1) is 8.31. The summed E-state index contributed by atoms with van der Waals surface area (Å²) in [6.45, 7) is 2.77. The minimum Gasteiger partial charge on any atom is -0.493 e. The highest BCUT2D eigenvalue weighted by Gasteiger charge is 2.39. The first-order valence-corrected chi connectivity index (χ1v) is 6.28. The van der Waals surface area contributed by atoms with Crippen molar-refractivity contribution in [1.82, 2.24) is 5.32 Å². The third kappa shape index (κ3) is 2.05. The predicted molar refractivity (Wildman–Crippen MR) is 66.4 cm³/mol. The summed E-state index contributed by atoms with van der Waals surface area (Å²) in [6.07, 6.45) is 2.20. The van der Waals surface area contributed by atoms with Gasteiger partial charge in [0.1, 0.15) is 5.75 Å². The molecule has 1 atom stereocenters. The average molecular weight is 233 g/mol. The number of benzene rings is 1. The van der Waals surface area contributed by atoms with Crippen LogP contribution in [0.3, 0.4) is 0 Å². The average Bonchev–Trinajstić information content (AvgIpc) is 2.34. The van der Waals surface area contributed by atoms with Crippen molar-refractivity contribution in [3.8, 4) is 5.75 Å². The van der Waals surface area contributed by atoms with Crippen molar-refractivity contribution in [1.29, 1.82) is 0 Å². The minimum absolute atomic E-state index is 0.0559. The van der Waals surface area contributed by atoms with E-state index in [1.54, 1.807) is 0 Å². The Hall–Kier alpha value is -1.06. The van der Waals surface area contributed by atoms with Crippen molar-refractivity contribution < 1.29 is 9.47 Å². The van der Waals surface area contributed by atoms with E-state index in [2.05, 4.69) is 23.5 Å². The van der Waals surface area contributed by atoms with E-state index in [1.165, 1.54) is 5.56 Å². The largest absolute Gasteiger partial charge is 0.493 e. The summed E-state index contributed by atoms with van der Waals surface area (Å²) < 4.78 is 11.5. The first kappa shape index (κ1) is 11.1. The summed E-state index contributed by atoms with van der Waals surface area (Å²) in [6, 6.07) is 8.34. The van der Waals surface area contributed by atoms with E-state index in [1.807, 2.05) is 13.2 Å². The van der Waals surface area contributed by atoms with Gasteiger partial charge < -0.3 is 14.8 Å². The molecule has 92 valence electrons. The van der Waals surface area contributed by atoms with Gasteiger partial charge in [0.2, 0.25) is 0 Å². The SMILES string of the molecule is COC1(CC2COc3ccccc3C2)CNC1. The lowest BCUT2D eigenvalue weighted by atomic mass is 9.82. The lowest BCUT2D eigenvalue weighted by Crippen LogP contribution is -2.61. The third-order valence-electron chi connectivity index (χ3n) is 3.94. The molecular formula is C14H19NO2. The van der Waals surface area contributed by atoms with E-state index < -0.39 is 0 Å². The lowest BCUT2D eigenvalue weighted by Gasteiger charge is -2.44. The predicted octanol–water partition coefficient (Wildman–Crippen LogP) is 1.62. The molecule has 1 saturated heterocycles. The zero-order valence-electron chi connectivity index (χ0n) is 10.2. The number of ether oxygens (including phenoxy) is 2. The number of rotatable bonds is 3. The number of para-hydroxylation sites is 1. The van der Waals surface area contributed by atoms with Crippen molar-refractivity contribution in [2.75, 3.05) is 26.8 Å². The van der Waals surface area contributed by atoms with Crippen molar-refractivity contribution in [2.45, 2.75) is 18.4 Å².